The molecule has 0 bridgehead atoms. The largest absolute Gasteiger partial charge is 0.508 e. The number of amides is 2. The highest BCUT2D eigenvalue weighted by molar-refractivity contribution is 6.06. The van der Waals surface area contributed by atoms with Crippen molar-refractivity contribution in [3.63, 3.8) is 0 Å². The second-order valence-electron chi connectivity index (χ2n) is 10.5. The number of phenols is 1. The number of anilines is 1. The predicted molar refractivity (Wildman–Crippen MR) is 138 cm³/mol. The van der Waals surface area contributed by atoms with Crippen molar-refractivity contribution in [1.29, 1.82) is 0 Å². The molecule has 0 unspecified atom stereocenters. The molecule has 0 fully saturated rings. The molecule has 182 valence electrons. The number of nitrogens with one attached hydrogen (secondary N) is 2. The van der Waals surface area contributed by atoms with E-state index in [0.717, 1.165) is 17.5 Å². The summed E-state index contributed by atoms with van der Waals surface area (Å²) in [7, 11) is 3.38. The third-order valence-corrected chi connectivity index (χ3v) is 5.24. The highest BCUT2D eigenvalue weighted by atomic mass is 16.3. The number of phenolic OH excluding ortho intramolecular Hbond substituents is 1. The van der Waals surface area contributed by atoms with Gasteiger partial charge in [0.2, 0.25) is 11.8 Å². The Hall–Kier alpha value is -3.61. The SMILES string of the molecule is CC(C)(C)c1cc(C(C)(C)C)c(NC(=O)c2c[nH]c3ccccc3c2=O)cc1O.CN(C)C=O. The topological polar surface area (TPSA) is 102 Å². The Morgan fingerprint density at radius 1 is 1.00 bits per heavy atom. The molecule has 0 aliphatic heterocycles. The van der Waals surface area contributed by atoms with E-state index in [1.54, 1.807) is 38.4 Å². The van der Waals surface area contributed by atoms with E-state index in [0.29, 0.717) is 16.6 Å². The van der Waals surface area contributed by atoms with E-state index in [4.69, 9.17) is 0 Å². The van der Waals surface area contributed by atoms with Crippen LogP contribution in [0, 0.1) is 0 Å². The average Bonchev–Trinajstić information content (AvgIpc) is 2.72. The molecule has 34 heavy (non-hydrogen) atoms. The van der Waals surface area contributed by atoms with Crippen molar-refractivity contribution in [2.75, 3.05) is 19.4 Å². The molecule has 0 radical (unpaired) electrons. The summed E-state index contributed by atoms with van der Waals surface area (Å²) in [4.78, 5) is 39.6. The lowest BCUT2D eigenvalue weighted by molar-refractivity contribution is -0.115. The molecular weight excluding hydrogens is 430 g/mol. The number of para-hydroxylation sites is 1. The lowest BCUT2D eigenvalue weighted by atomic mass is 9.79. The maximum atomic E-state index is 12.9. The molecule has 3 aromatic rings. The number of carbonyl (C=O) groups excluding carboxylic acids is 2. The summed E-state index contributed by atoms with van der Waals surface area (Å²) < 4.78 is 0. The van der Waals surface area contributed by atoms with Gasteiger partial charge in [0, 0.05) is 42.9 Å². The Morgan fingerprint density at radius 2 is 1.56 bits per heavy atom. The normalized spacial score (nSPS) is 11.4. The molecule has 2 aromatic carbocycles. The van der Waals surface area contributed by atoms with Gasteiger partial charge >= 0.3 is 0 Å². The van der Waals surface area contributed by atoms with Crippen LogP contribution in [-0.4, -0.2) is 41.4 Å². The first-order chi connectivity index (χ1) is 15.7. The lowest BCUT2D eigenvalue weighted by Gasteiger charge is -2.28. The number of hydrogen-bond donors (Lipinski definition) is 3. The standard InChI is InChI=1S/C24H28N2O3.C3H7NO/c1-23(2,3)16-11-17(24(4,5)6)20(27)12-19(16)26-22(29)15-13-25-18-10-8-7-9-14(18)21(15)28;1-4(2)3-5/h7-13,27H,1-6H3,(H,25,28)(H,26,29);3H,1-2H3. The number of aromatic nitrogens is 1. The Labute approximate surface area is 200 Å². The third kappa shape index (κ3) is 6.25. The maximum absolute atomic E-state index is 12.9. The maximum Gasteiger partial charge on any atom is 0.261 e. The molecule has 3 rings (SSSR count). The monoisotopic (exact) mass is 465 g/mol. The van der Waals surface area contributed by atoms with Gasteiger partial charge in [0.15, 0.2) is 0 Å². The van der Waals surface area contributed by atoms with Crippen LogP contribution in [0.2, 0.25) is 0 Å². The second-order valence-corrected chi connectivity index (χ2v) is 10.5. The minimum Gasteiger partial charge on any atom is -0.508 e. The van der Waals surface area contributed by atoms with E-state index in [-0.39, 0.29) is 27.6 Å². The summed E-state index contributed by atoms with van der Waals surface area (Å²) in [6.07, 6.45) is 2.18. The molecular formula is C27H35N3O4. The third-order valence-electron chi connectivity index (χ3n) is 5.24. The molecule has 1 aromatic heterocycles. The Balaban J connectivity index is 0.000000739. The van der Waals surface area contributed by atoms with Gasteiger partial charge in [0.05, 0.1) is 0 Å². The first kappa shape index (κ1) is 26.6. The molecule has 0 aliphatic carbocycles. The van der Waals surface area contributed by atoms with Gasteiger partial charge < -0.3 is 20.3 Å². The molecule has 0 atom stereocenters. The van der Waals surface area contributed by atoms with Crippen LogP contribution >= 0.6 is 0 Å². The first-order valence-corrected chi connectivity index (χ1v) is 11.1. The van der Waals surface area contributed by atoms with Gasteiger partial charge in [-0.25, -0.2) is 0 Å². The number of fused-ring (bicyclic) bond motifs is 1. The fraction of sp³-hybridized carbons (Fsp3) is 0.370. The van der Waals surface area contributed by atoms with Crippen LogP contribution in [0.1, 0.15) is 63.0 Å². The number of hydrogen-bond acceptors (Lipinski definition) is 4. The Morgan fingerprint density at radius 3 is 2.09 bits per heavy atom. The summed E-state index contributed by atoms with van der Waals surface area (Å²) in [6.45, 7) is 12.2. The summed E-state index contributed by atoms with van der Waals surface area (Å²) in [5.41, 5.74) is 2.06. The van der Waals surface area contributed by atoms with Crippen LogP contribution in [0.4, 0.5) is 5.69 Å². The molecule has 0 aliphatic rings. The number of aromatic amines is 1. The minimum atomic E-state index is -0.509. The van der Waals surface area contributed by atoms with Gasteiger partial charge in [-0.05, 0) is 40.2 Å². The summed E-state index contributed by atoms with van der Waals surface area (Å²) in [5, 5.41) is 13.9. The Kier molecular flexibility index (Phi) is 7.93. The van der Waals surface area contributed by atoms with Crippen LogP contribution < -0.4 is 10.7 Å². The number of aromatic hydroxyl groups is 1. The van der Waals surface area contributed by atoms with Crippen LogP contribution in [0.25, 0.3) is 10.9 Å². The number of carbonyl (C=O) groups is 2. The number of rotatable bonds is 3. The van der Waals surface area contributed by atoms with Crippen LogP contribution in [-0.2, 0) is 15.6 Å². The van der Waals surface area contributed by atoms with Crippen molar-refractivity contribution in [2.45, 2.75) is 52.4 Å². The van der Waals surface area contributed by atoms with Crippen molar-refractivity contribution in [3.8, 4) is 5.75 Å². The van der Waals surface area contributed by atoms with Crippen LogP contribution in [0.5, 0.6) is 5.75 Å². The highest BCUT2D eigenvalue weighted by Crippen LogP contribution is 2.39. The van der Waals surface area contributed by atoms with Gasteiger partial charge in [-0.15, -0.1) is 0 Å². The predicted octanol–water partition coefficient (Wildman–Crippen LogP) is 4.79. The molecule has 7 heteroatoms. The van der Waals surface area contributed by atoms with E-state index in [2.05, 4.69) is 10.3 Å². The van der Waals surface area contributed by atoms with E-state index in [9.17, 15) is 19.5 Å². The highest BCUT2D eigenvalue weighted by Gasteiger charge is 2.26. The van der Waals surface area contributed by atoms with Gasteiger partial charge in [-0.1, -0.05) is 53.7 Å². The lowest BCUT2D eigenvalue weighted by Crippen LogP contribution is -2.25. The molecule has 3 N–H and O–H groups in total. The molecule has 0 saturated heterocycles. The number of H-pyrrole nitrogens is 1. The van der Waals surface area contributed by atoms with E-state index in [1.165, 1.54) is 11.1 Å². The molecule has 7 nitrogen and oxygen atoms in total. The molecule has 0 saturated carbocycles. The Bertz CT molecular complexity index is 1250. The summed E-state index contributed by atoms with van der Waals surface area (Å²) in [6, 6.07) is 10.6. The van der Waals surface area contributed by atoms with Gasteiger partial charge in [-0.2, -0.15) is 0 Å². The molecule has 2 amide bonds. The van der Waals surface area contributed by atoms with E-state index < -0.39 is 5.91 Å². The van der Waals surface area contributed by atoms with Crippen molar-refractivity contribution in [3.05, 3.63) is 69.5 Å². The molecule has 1 heterocycles. The van der Waals surface area contributed by atoms with Gasteiger partial charge in [-0.3, -0.25) is 14.4 Å². The van der Waals surface area contributed by atoms with E-state index in [1.807, 2.05) is 53.7 Å². The van der Waals surface area contributed by atoms with Crippen LogP contribution in [0.15, 0.2) is 47.4 Å². The average molecular weight is 466 g/mol. The smallest absolute Gasteiger partial charge is 0.261 e. The quantitative estimate of drug-likeness (QED) is 0.484. The van der Waals surface area contributed by atoms with Crippen molar-refractivity contribution >= 4 is 28.9 Å². The number of benzene rings is 2. The van der Waals surface area contributed by atoms with Gasteiger partial charge in [0.25, 0.3) is 5.91 Å². The zero-order valence-electron chi connectivity index (χ0n) is 21.2. The second kappa shape index (κ2) is 10.1. The first-order valence-electron chi connectivity index (χ1n) is 11.1. The summed E-state index contributed by atoms with van der Waals surface area (Å²) in [5.74, 6) is -0.390. The van der Waals surface area contributed by atoms with Crippen molar-refractivity contribution in [1.82, 2.24) is 9.88 Å². The zero-order chi connectivity index (χ0) is 25.8. The molecule has 0 spiro atoms. The van der Waals surface area contributed by atoms with E-state index >= 15 is 0 Å². The number of nitrogens with zero attached hydrogens (tertiary/aromatic N) is 1. The minimum absolute atomic E-state index is 0.0305. The zero-order valence-corrected chi connectivity index (χ0v) is 21.2. The van der Waals surface area contributed by atoms with Crippen molar-refractivity contribution < 1.29 is 14.7 Å². The fourth-order valence-corrected chi connectivity index (χ4v) is 3.44. The van der Waals surface area contributed by atoms with Crippen LogP contribution in [0.3, 0.4) is 0 Å². The fourth-order valence-electron chi connectivity index (χ4n) is 3.44. The van der Waals surface area contributed by atoms with Gasteiger partial charge in [0.1, 0.15) is 11.3 Å². The number of pyridine rings is 1. The summed E-state index contributed by atoms with van der Waals surface area (Å²) >= 11 is 0. The van der Waals surface area contributed by atoms with Crippen molar-refractivity contribution in [2.24, 2.45) is 0 Å².